The van der Waals surface area contributed by atoms with E-state index in [2.05, 4.69) is 29.1 Å². The fraction of sp³-hybridized carbons (Fsp3) is 0.263. The second kappa shape index (κ2) is 6.85. The number of pyridine rings is 2. The van der Waals surface area contributed by atoms with Gasteiger partial charge >= 0.3 is 0 Å². The van der Waals surface area contributed by atoms with E-state index < -0.39 is 0 Å². The third kappa shape index (κ3) is 3.56. The summed E-state index contributed by atoms with van der Waals surface area (Å²) in [5.74, 6) is 0. The van der Waals surface area contributed by atoms with Crippen molar-refractivity contribution in [3.8, 4) is 0 Å². The van der Waals surface area contributed by atoms with E-state index in [0.717, 1.165) is 23.0 Å². The summed E-state index contributed by atoms with van der Waals surface area (Å²) in [6.07, 6.45) is 5.38. The molecule has 5 heteroatoms. The van der Waals surface area contributed by atoms with Crippen molar-refractivity contribution in [2.24, 2.45) is 5.73 Å². The average molecular weight is 341 g/mol. The van der Waals surface area contributed by atoms with Crippen molar-refractivity contribution in [2.75, 3.05) is 0 Å². The van der Waals surface area contributed by atoms with Crippen LogP contribution in [0.2, 0.25) is 5.02 Å². The Labute approximate surface area is 147 Å². The molecule has 3 aromatic rings. The summed E-state index contributed by atoms with van der Waals surface area (Å²) in [4.78, 5) is 8.44. The summed E-state index contributed by atoms with van der Waals surface area (Å²) >= 11 is 6.07. The predicted octanol–water partition coefficient (Wildman–Crippen LogP) is 3.85. The minimum Gasteiger partial charge on any atom is -0.322 e. The molecule has 0 spiro atoms. The first-order valence-electron chi connectivity index (χ1n) is 7.91. The molecule has 0 saturated carbocycles. The highest BCUT2D eigenvalue weighted by molar-refractivity contribution is 6.31. The fourth-order valence-electron chi connectivity index (χ4n) is 2.74. The second-order valence-electron chi connectivity index (χ2n) is 6.47. The zero-order valence-corrected chi connectivity index (χ0v) is 14.6. The van der Waals surface area contributed by atoms with Crippen molar-refractivity contribution in [1.29, 1.82) is 0 Å². The van der Waals surface area contributed by atoms with Crippen molar-refractivity contribution < 1.29 is 0 Å². The van der Waals surface area contributed by atoms with Gasteiger partial charge in [-0.05, 0) is 55.3 Å². The molecule has 0 radical (unpaired) electrons. The van der Waals surface area contributed by atoms with E-state index in [4.69, 9.17) is 17.3 Å². The lowest BCUT2D eigenvalue weighted by Crippen LogP contribution is -2.48. The number of fused-ring (bicyclic) bond motifs is 1. The maximum absolute atomic E-state index is 6.61. The van der Waals surface area contributed by atoms with Crippen LogP contribution in [0.3, 0.4) is 0 Å². The molecule has 3 rings (SSSR count). The molecule has 0 saturated heterocycles. The molecule has 4 nitrogen and oxygen atoms in total. The Kier molecular flexibility index (Phi) is 4.81. The maximum Gasteiger partial charge on any atom is 0.0720 e. The van der Waals surface area contributed by atoms with Crippen molar-refractivity contribution in [1.82, 2.24) is 15.3 Å². The van der Waals surface area contributed by atoms with Crippen LogP contribution in [0.25, 0.3) is 10.9 Å². The Morgan fingerprint density at radius 3 is 2.62 bits per heavy atom. The molecule has 1 aromatic carbocycles. The number of aromatic nitrogens is 2. The molecule has 0 amide bonds. The van der Waals surface area contributed by atoms with Crippen molar-refractivity contribution >= 4 is 22.5 Å². The van der Waals surface area contributed by atoms with Gasteiger partial charge in [0, 0.05) is 47.1 Å². The molecule has 0 aliphatic rings. The molecule has 0 aliphatic carbocycles. The van der Waals surface area contributed by atoms with Crippen molar-refractivity contribution in [3.05, 3.63) is 71.1 Å². The molecule has 24 heavy (non-hydrogen) atoms. The van der Waals surface area contributed by atoms with Crippen LogP contribution < -0.4 is 11.1 Å². The summed E-state index contributed by atoms with van der Waals surface area (Å²) < 4.78 is 0. The van der Waals surface area contributed by atoms with Crippen molar-refractivity contribution in [2.45, 2.75) is 32.0 Å². The van der Waals surface area contributed by atoms with Crippen molar-refractivity contribution in [3.63, 3.8) is 0 Å². The summed E-state index contributed by atoms with van der Waals surface area (Å²) in [5, 5.41) is 5.26. The molecule has 3 N–H and O–H groups in total. The van der Waals surface area contributed by atoms with E-state index in [1.54, 1.807) is 18.6 Å². The number of rotatable bonds is 5. The Bertz CT molecular complexity index is 833. The van der Waals surface area contributed by atoms with Crippen LogP contribution in [-0.2, 0) is 6.54 Å². The second-order valence-corrected chi connectivity index (χ2v) is 6.91. The average Bonchev–Trinajstić information content (AvgIpc) is 2.59. The van der Waals surface area contributed by atoms with Crippen LogP contribution in [0, 0.1) is 0 Å². The third-order valence-electron chi connectivity index (χ3n) is 4.35. The summed E-state index contributed by atoms with van der Waals surface area (Å²) in [6, 6.07) is 11.5. The lowest BCUT2D eigenvalue weighted by atomic mass is 9.87. The van der Waals surface area contributed by atoms with E-state index in [1.807, 2.05) is 36.4 Å². The molecular weight excluding hydrogens is 320 g/mol. The number of halogens is 1. The smallest absolute Gasteiger partial charge is 0.0720 e. The first-order valence-corrected chi connectivity index (χ1v) is 8.29. The van der Waals surface area contributed by atoms with E-state index in [9.17, 15) is 0 Å². The van der Waals surface area contributed by atoms with Gasteiger partial charge in [0.25, 0.3) is 0 Å². The van der Waals surface area contributed by atoms with Crippen LogP contribution in [0.15, 0.2) is 55.0 Å². The Morgan fingerprint density at radius 2 is 1.88 bits per heavy atom. The molecule has 124 valence electrons. The van der Waals surface area contributed by atoms with Crippen LogP contribution in [-0.4, -0.2) is 15.5 Å². The molecule has 0 fully saturated rings. The van der Waals surface area contributed by atoms with Gasteiger partial charge in [0.05, 0.1) is 5.52 Å². The predicted molar refractivity (Wildman–Crippen MR) is 98.8 cm³/mol. The summed E-state index contributed by atoms with van der Waals surface area (Å²) in [5.41, 5.74) is 9.41. The van der Waals surface area contributed by atoms with Gasteiger partial charge in [-0.15, -0.1) is 0 Å². The van der Waals surface area contributed by atoms with Gasteiger partial charge in [-0.25, -0.2) is 0 Å². The van der Waals surface area contributed by atoms with Gasteiger partial charge < -0.3 is 11.1 Å². The number of hydrogen-bond acceptors (Lipinski definition) is 4. The molecule has 2 heterocycles. The summed E-state index contributed by atoms with van der Waals surface area (Å²) in [6.45, 7) is 4.96. The van der Waals surface area contributed by atoms with Gasteiger partial charge in [0.1, 0.15) is 0 Å². The highest BCUT2D eigenvalue weighted by Gasteiger charge is 2.28. The van der Waals surface area contributed by atoms with Gasteiger partial charge in [-0.2, -0.15) is 0 Å². The Balaban J connectivity index is 1.85. The monoisotopic (exact) mass is 340 g/mol. The van der Waals surface area contributed by atoms with Crippen LogP contribution in [0.4, 0.5) is 0 Å². The third-order valence-corrected chi connectivity index (χ3v) is 4.58. The highest BCUT2D eigenvalue weighted by Crippen LogP contribution is 2.30. The number of benzene rings is 1. The molecular formula is C19H21ClN4. The van der Waals surface area contributed by atoms with Gasteiger partial charge in [-0.1, -0.05) is 17.7 Å². The minimum atomic E-state index is -0.294. The number of hydrogen-bond donors (Lipinski definition) is 2. The van der Waals surface area contributed by atoms with E-state index in [1.165, 1.54) is 5.56 Å². The molecule has 0 bridgehead atoms. The zero-order valence-electron chi connectivity index (χ0n) is 13.8. The Morgan fingerprint density at radius 1 is 1.12 bits per heavy atom. The van der Waals surface area contributed by atoms with Gasteiger partial charge in [0.15, 0.2) is 0 Å². The fourth-order valence-corrected chi connectivity index (χ4v) is 2.91. The van der Waals surface area contributed by atoms with E-state index >= 15 is 0 Å². The lowest BCUT2D eigenvalue weighted by Gasteiger charge is -2.34. The number of nitrogens with two attached hydrogens (primary N) is 1. The first kappa shape index (κ1) is 16.8. The number of nitrogens with one attached hydrogen (secondary N) is 1. The number of nitrogens with zero attached hydrogens (tertiary/aromatic N) is 2. The van der Waals surface area contributed by atoms with E-state index in [-0.39, 0.29) is 11.6 Å². The zero-order chi connectivity index (χ0) is 17.2. The Hall–Kier alpha value is -2.01. The summed E-state index contributed by atoms with van der Waals surface area (Å²) in [7, 11) is 0. The SMILES string of the molecule is CC(C)(NCc1ccncc1)C(N)c1ccnc2cc(Cl)ccc12. The van der Waals surface area contributed by atoms with E-state index in [0.29, 0.717) is 5.02 Å². The molecule has 1 atom stereocenters. The minimum absolute atomic E-state index is 0.189. The molecule has 0 aliphatic heterocycles. The quantitative estimate of drug-likeness (QED) is 0.740. The van der Waals surface area contributed by atoms with Crippen LogP contribution >= 0.6 is 11.6 Å². The maximum atomic E-state index is 6.61. The topological polar surface area (TPSA) is 63.8 Å². The van der Waals surface area contributed by atoms with Gasteiger partial charge in [-0.3, -0.25) is 9.97 Å². The largest absolute Gasteiger partial charge is 0.322 e. The van der Waals surface area contributed by atoms with Crippen LogP contribution in [0.1, 0.15) is 31.0 Å². The van der Waals surface area contributed by atoms with Gasteiger partial charge in [0.2, 0.25) is 0 Å². The highest BCUT2D eigenvalue weighted by atomic mass is 35.5. The molecule has 2 aromatic heterocycles. The molecule has 1 unspecified atom stereocenters. The lowest BCUT2D eigenvalue weighted by molar-refractivity contribution is 0.322. The standard InChI is InChI=1S/C19H21ClN4/c1-19(2,24-12-13-5-8-22-9-6-13)18(21)16-7-10-23-17-11-14(20)3-4-15(16)17/h3-11,18,24H,12,21H2,1-2H3. The van der Waals surface area contributed by atoms with Crippen LogP contribution in [0.5, 0.6) is 0 Å². The normalized spacial score (nSPS) is 13.2. The first-order chi connectivity index (χ1) is 11.5.